The van der Waals surface area contributed by atoms with Crippen LogP contribution in [0, 0.1) is 11.8 Å². The van der Waals surface area contributed by atoms with Crippen LogP contribution in [0.1, 0.15) is 37.7 Å². The number of Topliss-reactive ketones (excluding diaryl/α,β-unsaturated/α-hetero) is 2. The zero-order chi connectivity index (χ0) is 16.9. The van der Waals surface area contributed by atoms with E-state index in [1.807, 2.05) is 30.3 Å². The van der Waals surface area contributed by atoms with Crippen molar-refractivity contribution in [2.24, 2.45) is 11.8 Å². The van der Waals surface area contributed by atoms with E-state index in [9.17, 15) is 14.4 Å². The van der Waals surface area contributed by atoms with Crippen molar-refractivity contribution in [3.8, 4) is 0 Å². The number of hydrogen-bond acceptors (Lipinski definition) is 4. The highest BCUT2D eigenvalue weighted by atomic mass is 16.6. The zero-order valence-corrected chi connectivity index (χ0v) is 13.8. The molecule has 0 spiro atoms. The number of nitrogens with zero attached hydrogens (tertiary/aromatic N) is 1. The Morgan fingerprint density at radius 2 is 1.79 bits per heavy atom. The predicted octanol–water partition coefficient (Wildman–Crippen LogP) is 2.97. The van der Waals surface area contributed by atoms with E-state index < -0.39 is 0 Å². The van der Waals surface area contributed by atoms with E-state index in [0.717, 1.165) is 12.0 Å². The molecule has 1 saturated heterocycles. The zero-order valence-electron chi connectivity index (χ0n) is 13.8. The number of ether oxygens (including phenoxy) is 1. The molecule has 0 aromatic heterocycles. The Balaban J connectivity index is 1.45. The first-order valence-corrected chi connectivity index (χ1v) is 8.67. The Bertz CT molecular complexity index is 605. The van der Waals surface area contributed by atoms with Crippen LogP contribution in [0.15, 0.2) is 30.3 Å². The van der Waals surface area contributed by atoms with Gasteiger partial charge in [0.25, 0.3) is 0 Å². The lowest BCUT2D eigenvalue weighted by Crippen LogP contribution is -2.42. The highest BCUT2D eigenvalue weighted by Gasteiger charge is 2.37. The van der Waals surface area contributed by atoms with Crippen molar-refractivity contribution in [3.05, 3.63) is 35.9 Å². The van der Waals surface area contributed by atoms with Gasteiger partial charge in [-0.15, -0.1) is 0 Å². The van der Waals surface area contributed by atoms with Gasteiger partial charge in [0, 0.05) is 25.4 Å². The maximum atomic E-state index is 12.4. The van der Waals surface area contributed by atoms with E-state index in [-0.39, 0.29) is 36.1 Å². The SMILES string of the molecule is O=C1CCC[C@H]1C(=O)C1CCN(C(=O)OCc2ccccc2)CC1. The van der Waals surface area contributed by atoms with Crippen LogP contribution in [0.3, 0.4) is 0 Å². The number of carbonyl (C=O) groups is 3. The quantitative estimate of drug-likeness (QED) is 0.797. The molecule has 3 rings (SSSR count). The summed E-state index contributed by atoms with van der Waals surface area (Å²) in [6, 6.07) is 9.56. The minimum absolute atomic E-state index is 0.0878. The van der Waals surface area contributed by atoms with Crippen molar-refractivity contribution >= 4 is 17.7 Å². The van der Waals surface area contributed by atoms with Gasteiger partial charge in [-0.3, -0.25) is 9.59 Å². The largest absolute Gasteiger partial charge is 0.445 e. The molecule has 0 unspecified atom stereocenters. The molecular formula is C19H23NO4. The average Bonchev–Trinajstić information content (AvgIpc) is 3.06. The van der Waals surface area contributed by atoms with Gasteiger partial charge in [-0.2, -0.15) is 0 Å². The second kappa shape index (κ2) is 7.60. The van der Waals surface area contributed by atoms with E-state index in [4.69, 9.17) is 4.74 Å². The molecule has 1 saturated carbocycles. The van der Waals surface area contributed by atoms with Crippen LogP contribution < -0.4 is 0 Å². The summed E-state index contributed by atoms with van der Waals surface area (Å²) in [4.78, 5) is 38.0. The molecule has 1 aromatic rings. The molecule has 2 aliphatic rings. The molecule has 1 heterocycles. The fraction of sp³-hybridized carbons (Fsp3) is 0.526. The topological polar surface area (TPSA) is 63.7 Å². The molecule has 1 amide bonds. The summed E-state index contributed by atoms with van der Waals surface area (Å²) in [6.45, 7) is 1.30. The average molecular weight is 329 g/mol. The number of benzene rings is 1. The van der Waals surface area contributed by atoms with Gasteiger partial charge >= 0.3 is 6.09 Å². The molecule has 0 bridgehead atoms. The van der Waals surface area contributed by atoms with E-state index >= 15 is 0 Å². The number of carbonyl (C=O) groups excluding carboxylic acids is 3. The standard InChI is InChI=1S/C19H23NO4/c21-17-8-4-7-16(17)18(22)15-9-11-20(12-10-15)19(23)24-13-14-5-2-1-3-6-14/h1-3,5-6,15-16H,4,7-13H2/t16-/m1/s1. The molecule has 5 nitrogen and oxygen atoms in total. The van der Waals surface area contributed by atoms with Crippen molar-refractivity contribution in [3.63, 3.8) is 0 Å². The molecule has 24 heavy (non-hydrogen) atoms. The first-order chi connectivity index (χ1) is 11.6. The Kier molecular flexibility index (Phi) is 5.28. The Hall–Kier alpha value is -2.17. The van der Waals surface area contributed by atoms with Crippen molar-refractivity contribution in [1.82, 2.24) is 4.90 Å². The second-order valence-electron chi connectivity index (χ2n) is 6.61. The van der Waals surface area contributed by atoms with Crippen molar-refractivity contribution < 1.29 is 19.1 Å². The highest BCUT2D eigenvalue weighted by molar-refractivity contribution is 6.04. The summed E-state index contributed by atoms with van der Waals surface area (Å²) >= 11 is 0. The van der Waals surface area contributed by atoms with Crippen LogP contribution in [0.25, 0.3) is 0 Å². The molecule has 1 aliphatic carbocycles. The maximum Gasteiger partial charge on any atom is 0.410 e. The summed E-state index contributed by atoms with van der Waals surface area (Å²) in [5, 5.41) is 0. The molecule has 2 fully saturated rings. The van der Waals surface area contributed by atoms with Gasteiger partial charge in [0.05, 0.1) is 5.92 Å². The minimum Gasteiger partial charge on any atom is -0.445 e. The second-order valence-corrected chi connectivity index (χ2v) is 6.61. The molecular weight excluding hydrogens is 306 g/mol. The van der Waals surface area contributed by atoms with Crippen molar-refractivity contribution in [2.45, 2.75) is 38.7 Å². The van der Waals surface area contributed by atoms with Gasteiger partial charge in [0.1, 0.15) is 18.2 Å². The van der Waals surface area contributed by atoms with Gasteiger partial charge in [-0.05, 0) is 31.2 Å². The summed E-state index contributed by atoms with van der Waals surface area (Å²) in [5.74, 6) is -0.277. The number of rotatable bonds is 4. The number of likely N-dealkylation sites (tertiary alicyclic amines) is 1. The fourth-order valence-electron chi connectivity index (χ4n) is 3.56. The molecule has 0 N–H and O–H groups in total. The Morgan fingerprint density at radius 3 is 2.42 bits per heavy atom. The smallest absolute Gasteiger partial charge is 0.410 e. The molecule has 128 valence electrons. The summed E-state index contributed by atoms with van der Waals surface area (Å²) in [6.07, 6.45) is 3.01. The van der Waals surface area contributed by atoms with E-state index in [2.05, 4.69) is 0 Å². The van der Waals surface area contributed by atoms with Crippen LogP contribution in [0.2, 0.25) is 0 Å². The van der Waals surface area contributed by atoms with E-state index in [1.165, 1.54) is 0 Å². The van der Waals surface area contributed by atoms with Crippen LogP contribution in [0.5, 0.6) is 0 Å². The van der Waals surface area contributed by atoms with Crippen molar-refractivity contribution in [2.75, 3.05) is 13.1 Å². The minimum atomic E-state index is -0.383. The number of amides is 1. The van der Waals surface area contributed by atoms with E-state index in [0.29, 0.717) is 38.8 Å². The number of ketones is 2. The fourth-order valence-corrected chi connectivity index (χ4v) is 3.56. The lowest BCUT2D eigenvalue weighted by atomic mass is 9.85. The molecule has 5 heteroatoms. The maximum absolute atomic E-state index is 12.4. The van der Waals surface area contributed by atoms with Gasteiger partial charge in [-0.1, -0.05) is 30.3 Å². The third-order valence-corrected chi connectivity index (χ3v) is 5.01. The van der Waals surface area contributed by atoms with Crippen molar-refractivity contribution in [1.29, 1.82) is 0 Å². The number of hydrogen-bond donors (Lipinski definition) is 0. The van der Waals surface area contributed by atoms with Gasteiger partial charge < -0.3 is 9.64 Å². The number of piperidine rings is 1. The Labute approximate surface area is 142 Å². The molecule has 0 radical (unpaired) electrons. The first kappa shape index (κ1) is 16.7. The van der Waals surface area contributed by atoms with Gasteiger partial charge in [-0.25, -0.2) is 4.79 Å². The lowest BCUT2D eigenvalue weighted by molar-refractivity contribution is -0.134. The lowest BCUT2D eigenvalue weighted by Gasteiger charge is -2.31. The third kappa shape index (κ3) is 3.83. The summed E-state index contributed by atoms with van der Waals surface area (Å²) in [5.41, 5.74) is 0.954. The highest BCUT2D eigenvalue weighted by Crippen LogP contribution is 2.29. The third-order valence-electron chi connectivity index (χ3n) is 5.01. The predicted molar refractivity (Wildman–Crippen MR) is 88.3 cm³/mol. The van der Waals surface area contributed by atoms with Crippen LogP contribution >= 0.6 is 0 Å². The van der Waals surface area contributed by atoms with Crippen LogP contribution in [-0.2, 0) is 20.9 Å². The van der Waals surface area contributed by atoms with E-state index in [1.54, 1.807) is 4.90 Å². The normalized spacial score (nSPS) is 21.8. The monoisotopic (exact) mass is 329 g/mol. The Morgan fingerprint density at radius 1 is 1.08 bits per heavy atom. The van der Waals surface area contributed by atoms with Gasteiger partial charge in [0.15, 0.2) is 0 Å². The molecule has 1 aromatic carbocycles. The van der Waals surface area contributed by atoms with Gasteiger partial charge in [0.2, 0.25) is 0 Å². The molecule has 1 aliphatic heterocycles. The first-order valence-electron chi connectivity index (χ1n) is 8.67. The summed E-state index contributed by atoms with van der Waals surface area (Å²) in [7, 11) is 0. The van der Waals surface area contributed by atoms with Crippen LogP contribution in [-0.4, -0.2) is 35.6 Å². The van der Waals surface area contributed by atoms with Crippen LogP contribution in [0.4, 0.5) is 4.79 Å². The molecule has 1 atom stereocenters. The summed E-state index contributed by atoms with van der Waals surface area (Å²) < 4.78 is 5.33.